The van der Waals surface area contributed by atoms with Gasteiger partial charge in [0.15, 0.2) is 12.4 Å². The molecule has 0 aliphatic carbocycles. The van der Waals surface area contributed by atoms with E-state index < -0.39 is 12.6 Å². The normalized spacial score (nSPS) is 9.62. The van der Waals surface area contributed by atoms with Crippen molar-refractivity contribution in [3.8, 4) is 5.75 Å². The van der Waals surface area contributed by atoms with Gasteiger partial charge in [-0.1, -0.05) is 6.07 Å². The van der Waals surface area contributed by atoms with Crippen molar-refractivity contribution >= 4 is 27.6 Å². The van der Waals surface area contributed by atoms with Crippen molar-refractivity contribution in [3.05, 3.63) is 22.7 Å². The molecule has 3 N–H and O–H groups in total. The molecule has 0 spiro atoms. The number of carboxylic acid groups (broad SMARTS) is 1. The monoisotopic (exact) mass is 245 g/mol. The van der Waals surface area contributed by atoms with Crippen molar-refractivity contribution in [3.63, 3.8) is 0 Å². The largest absolute Gasteiger partial charge is 0.479 e. The molecule has 0 aliphatic rings. The predicted molar refractivity (Wildman–Crippen MR) is 51.7 cm³/mol. The summed E-state index contributed by atoms with van der Waals surface area (Å²) in [6, 6.07) is 5.11. The molecule has 0 atom stereocenters. The van der Waals surface area contributed by atoms with E-state index in [9.17, 15) is 4.79 Å². The molecule has 13 heavy (non-hydrogen) atoms. The number of hydrogen-bond acceptors (Lipinski definition) is 3. The first-order chi connectivity index (χ1) is 6.11. The molecule has 0 aliphatic heterocycles. The fraction of sp³-hybridized carbons (Fsp3) is 0.125. The van der Waals surface area contributed by atoms with E-state index in [1.165, 1.54) is 0 Å². The van der Waals surface area contributed by atoms with Crippen molar-refractivity contribution in [2.24, 2.45) is 0 Å². The molecule has 4 nitrogen and oxygen atoms in total. The van der Waals surface area contributed by atoms with Gasteiger partial charge in [0.25, 0.3) is 0 Å². The third-order valence-corrected chi connectivity index (χ3v) is 1.96. The van der Waals surface area contributed by atoms with Crippen LogP contribution in [0.3, 0.4) is 0 Å². The highest BCUT2D eigenvalue weighted by Crippen LogP contribution is 2.30. The van der Waals surface area contributed by atoms with Crippen LogP contribution < -0.4 is 10.5 Å². The molecule has 70 valence electrons. The van der Waals surface area contributed by atoms with Gasteiger partial charge in [-0.2, -0.15) is 0 Å². The molecular weight excluding hydrogens is 238 g/mol. The first kappa shape index (κ1) is 9.85. The van der Waals surface area contributed by atoms with Gasteiger partial charge >= 0.3 is 5.97 Å². The fourth-order valence-electron chi connectivity index (χ4n) is 0.812. The van der Waals surface area contributed by atoms with Crippen molar-refractivity contribution in [1.82, 2.24) is 0 Å². The van der Waals surface area contributed by atoms with Gasteiger partial charge in [0.2, 0.25) is 0 Å². The minimum absolute atomic E-state index is 0.366. The van der Waals surface area contributed by atoms with Crippen LogP contribution >= 0.6 is 15.9 Å². The Morgan fingerprint density at radius 1 is 1.62 bits per heavy atom. The Balaban J connectivity index is 2.81. The van der Waals surface area contributed by atoms with Crippen LogP contribution in [0.15, 0.2) is 22.7 Å². The topological polar surface area (TPSA) is 72.5 Å². The Morgan fingerprint density at radius 2 is 2.31 bits per heavy atom. The van der Waals surface area contributed by atoms with E-state index in [4.69, 9.17) is 15.6 Å². The van der Waals surface area contributed by atoms with E-state index in [1.54, 1.807) is 18.2 Å². The van der Waals surface area contributed by atoms with Crippen LogP contribution in [0, 0.1) is 0 Å². The Hall–Kier alpha value is -1.23. The molecule has 0 radical (unpaired) electrons. The van der Waals surface area contributed by atoms with Gasteiger partial charge in [-0.05, 0) is 28.1 Å². The predicted octanol–water partition coefficient (Wildman–Crippen LogP) is 1.49. The number of hydrogen-bond donors (Lipinski definition) is 2. The SMILES string of the molecule is Nc1cccc(Br)c1OCC(=O)O. The van der Waals surface area contributed by atoms with Crippen LogP contribution in [0.4, 0.5) is 5.69 Å². The molecule has 0 amide bonds. The molecule has 0 fully saturated rings. The van der Waals surface area contributed by atoms with Crippen molar-refractivity contribution < 1.29 is 14.6 Å². The Kier molecular flexibility index (Phi) is 3.13. The number of carbonyl (C=O) groups is 1. The van der Waals surface area contributed by atoms with Gasteiger partial charge in [-0.3, -0.25) is 0 Å². The summed E-state index contributed by atoms with van der Waals surface area (Å²) in [6.07, 6.45) is 0. The zero-order chi connectivity index (χ0) is 9.84. The highest BCUT2D eigenvalue weighted by molar-refractivity contribution is 9.10. The van der Waals surface area contributed by atoms with Crippen LogP contribution in [0.2, 0.25) is 0 Å². The average molecular weight is 246 g/mol. The standard InChI is InChI=1S/C8H8BrNO3/c9-5-2-1-3-6(10)8(5)13-4-7(11)12/h1-3H,4,10H2,(H,11,12). The Labute approximate surface area is 83.4 Å². The van der Waals surface area contributed by atoms with Crippen molar-refractivity contribution in [2.75, 3.05) is 12.3 Å². The van der Waals surface area contributed by atoms with Crippen molar-refractivity contribution in [1.29, 1.82) is 0 Å². The van der Waals surface area contributed by atoms with Crippen molar-refractivity contribution in [2.45, 2.75) is 0 Å². The highest BCUT2D eigenvalue weighted by atomic mass is 79.9. The third-order valence-electron chi connectivity index (χ3n) is 1.34. The Bertz CT molecular complexity index is 307. The summed E-state index contributed by atoms with van der Waals surface area (Å²) < 4.78 is 5.60. The van der Waals surface area contributed by atoms with E-state index in [1.807, 2.05) is 0 Å². The second-order valence-corrected chi connectivity index (χ2v) is 3.19. The van der Waals surface area contributed by atoms with E-state index in [0.29, 0.717) is 15.9 Å². The maximum atomic E-state index is 10.2. The number of aliphatic carboxylic acids is 1. The number of nitrogen functional groups attached to an aromatic ring is 1. The third kappa shape index (κ3) is 2.62. The molecule has 0 unspecified atom stereocenters. The van der Waals surface area contributed by atoms with Gasteiger partial charge in [0.1, 0.15) is 0 Å². The number of ether oxygens (including phenoxy) is 1. The van der Waals surface area contributed by atoms with Crippen LogP contribution in [0.25, 0.3) is 0 Å². The lowest BCUT2D eigenvalue weighted by Gasteiger charge is -2.07. The second-order valence-electron chi connectivity index (χ2n) is 2.34. The second kappa shape index (κ2) is 4.13. The van der Waals surface area contributed by atoms with E-state index >= 15 is 0 Å². The van der Waals surface area contributed by atoms with Gasteiger partial charge < -0.3 is 15.6 Å². The molecule has 0 saturated carbocycles. The highest BCUT2D eigenvalue weighted by Gasteiger charge is 2.06. The van der Waals surface area contributed by atoms with Gasteiger partial charge in [-0.25, -0.2) is 4.79 Å². The summed E-state index contributed by atoms with van der Waals surface area (Å²) in [5.41, 5.74) is 5.97. The zero-order valence-corrected chi connectivity index (χ0v) is 8.24. The van der Waals surface area contributed by atoms with Gasteiger partial charge in [0.05, 0.1) is 10.2 Å². The number of halogens is 1. The smallest absolute Gasteiger partial charge is 0.341 e. The van der Waals surface area contributed by atoms with Gasteiger partial charge in [-0.15, -0.1) is 0 Å². The maximum absolute atomic E-state index is 10.2. The van der Waals surface area contributed by atoms with Crippen LogP contribution in [0.5, 0.6) is 5.75 Å². The van der Waals surface area contributed by atoms with E-state index in [2.05, 4.69) is 15.9 Å². The molecule has 0 saturated heterocycles. The molecule has 0 bridgehead atoms. The molecule has 1 rings (SSSR count). The number of anilines is 1. The summed E-state index contributed by atoms with van der Waals surface area (Å²) >= 11 is 3.20. The lowest BCUT2D eigenvalue weighted by atomic mass is 10.3. The minimum atomic E-state index is -1.03. The minimum Gasteiger partial charge on any atom is -0.479 e. The lowest BCUT2D eigenvalue weighted by Crippen LogP contribution is -2.10. The average Bonchev–Trinajstić information content (AvgIpc) is 2.03. The molecular formula is C8H8BrNO3. The Morgan fingerprint density at radius 3 is 2.85 bits per heavy atom. The molecule has 5 heteroatoms. The molecule has 1 aromatic rings. The first-order valence-corrected chi connectivity index (χ1v) is 4.29. The molecule has 0 aromatic heterocycles. The number of rotatable bonds is 3. The van der Waals surface area contributed by atoms with Gasteiger partial charge in [0, 0.05) is 0 Å². The summed E-state index contributed by atoms with van der Waals surface area (Å²) in [7, 11) is 0. The number of nitrogens with two attached hydrogens (primary N) is 1. The zero-order valence-electron chi connectivity index (χ0n) is 6.66. The lowest BCUT2D eigenvalue weighted by molar-refractivity contribution is -0.139. The number of carboxylic acids is 1. The molecule has 0 heterocycles. The fourth-order valence-corrected chi connectivity index (χ4v) is 1.31. The summed E-state index contributed by atoms with van der Waals surface area (Å²) in [5.74, 6) is -0.667. The number of benzene rings is 1. The maximum Gasteiger partial charge on any atom is 0.341 e. The summed E-state index contributed by atoms with van der Waals surface area (Å²) in [4.78, 5) is 10.2. The summed E-state index contributed by atoms with van der Waals surface area (Å²) in [6.45, 7) is -0.396. The molecule has 1 aromatic carbocycles. The quantitative estimate of drug-likeness (QED) is 0.792. The first-order valence-electron chi connectivity index (χ1n) is 3.50. The number of para-hydroxylation sites is 1. The summed E-state index contributed by atoms with van der Waals surface area (Å²) in [5, 5.41) is 8.38. The van der Waals surface area contributed by atoms with Crippen LogP contribution in [0.1, 0.15) is 0 Å². The van der Waals surface area contributed by atoms with E-state index in [0.717, 1.165) is 0 Å². The van der Waals surface area contributed by atoms with Crippen LogP contribution in [-0.4, -0.2) is 17.7 Å². The van der Waals surface area contributed by atoms with E-state index in [-0.39, 0.29) is 0 Å². The van der Waals surface area contributed by atoms with Crippen LogP contribution in [-0.2, 0) is 4.79 Å².